The van der Waals surface area contributed by atoms with Crippen molar-refractivity contribution in [3.8, 4) is 11.1 Å². The Morgan fingerprint density at radius 3 is 2.40 bits per heavy atom. The molecule has 1 aromatic heterocycles. The minimum absolute atomic E-state index is 0.103. The smallest absolute Gasteiger partial charge is 0.254 e. The molecule has 0 saturated carbocycles. The molecule has 0 saturated heterocycles. The van der Waals surface area contributed by atoms with E-state index in [0.717, 1.165) is 24.0 Å². The monoisotopic (exact) mass is 395 g/mol. The summed E-state index contributed by atoms with van der Waals surface area (Å²) in [5.74, 6) is 0.103. The molecular weight excluding hydrogens is 370 g/mol. The molecule has 4 aromatic rings. The molecule has 2 heterocycles. The molecule has 4 nitrogen and oxygen atoms in total. The Hall–Kier alpha value is -3.53. The Kier molecular flexibility index (Phi) is 4.55. The Labute approximate surface area is 176 Å². The Morgan fingerprint density at radius 2 is 1.67 bits per heavy atom. The average Bonchev–Trinajstić information content (AvgIpc) is 3.16. The standard InChI is InChI=1S/C26H25N3O/c1-28(2)21-11-8-18(9-12-21)20-10-13-24-22(16-20)23-17-29(15-14-25(23)27-24)26(30)19-6-4-3-5-7-19/h3-13,16,27H,14-15,17H2,1-2H3. The number of anilines is 1. The van der Waals surface area contributed by atoms with E-state index in [1.807, 2.05) is 35.2 Å². The van der Waals surface area contributed by atoms with Gasteiger partial charge >= 0.3 is 0 Å². The third-order valence-electron chi connectivity index (χ3n) is 6.00. The second-order valence-electron chi connectivity index (χ2n) is 8.13. The van der Waals surface area contributed by atoms with Crippen LogP contribution in [0.15, 0.2) is 72.8 Å². The Balaban J connectivity index is 1.48. The number of aromatic nitrogens is 1. The molecule has 0 radical (unpaired) electrons. The molecule has 0 spiro atoms. The summed E-state index contributed by atoms with van der Waals surface area (Å²) in [6, 6.07) is 24.8. The van der Waals surface area contributed by atoms with Gasteiger partial charge < -0.3 is 14.8 Å². The first kappa shape index (κ1) is 18.5. The number of H-pyrrole nitrogens is 1. The number of fused-ring (bicyclic) bond motifs is 3. The summed E-state index contributed by atoms with van der Waals surface area (Å²) >= 11 is 0. The molecule has 3 aromatic carbocycles. The van der Waals surface area contributed by atoms with E-state index in [0.29, 0.717) is 6.54 Å². The third kappa shape index (κ3) is 3.24. The summed E-state index contributed by atoms with van der Waals surface area (Å²) < 4.78 is 0. The van der Waals surface area contributed by atoms with Crippen molar-refractivity contribution in [1.29, 1.82) is 0 Å². The summed E-state index contributed by atoms with van der Waals surface area (Å²) in [5.41, 5.74) is 7.97. The van der Waals surface area contributed by atoms with Crippen molar-refractivity contribution in [2.45, 2.75) is 13.0 Å². The fourth-order valence-electron chi connectivity index (χ4n) is 4.28. The first-order valence-corrected chi connectivity index (χ1v) is 10.4. The zero-order valence-electron chi connectivity index (χ0n) is 17.4. The van der Waals surface area contributed by atoms with Gasteiger partial charge in [-0.25, -0.2) is 0 Å². The molecule has 4 heteroatoms. The highest BCUT2D eigenvalue weighted by atomic mass is 16.2. The molecule has 1 N–H and O–H groups in total. The maximum Gasteiger partial charge on any atom is 0.254 e. The lowest BCUT2D eigenvalue weighted by molar-refractivity contribution is 0.0735. The van der Waals surface area contributed by atoms with E-state index >= 15 is 0 Å². The predicted octanol–water partition coefficient (Wildman–Crippen LogP) is 5.10. The van der Waals surface area contributed by atoms with Gasteiger partial charge in [-0.1, -0.05) is 36.4 Å². The molecule has 1 amide bonds. The number of hydrogen-bond donors (Lipinski definition) is 1. The van der Waals surface area contributed by atoms with Crippen LogP contribution >= 0.6 is 0 Å². The van der Waals surface area contributed by atoms with Crippen molar-refractivity contribution in [1.82, 2.24) is 9.88 Å². The first-order valence-electron chi connectivity index (χ1n) is 10.4. The lowest BCUT2D eigenvalue weighted by Gasteiger charge is -2.27. The lowest BCUT2D eigenvalue weighted by atomic mass is 9.99. The molecule has 1 aliphatic heterocycles. The summed E-state index contributed by atoms with van der Waals surface area (Å²) in [6.45, 7) is 1.39. The molecule has 0 fully saturated rings. The summed E-state index contributed by atoms with van der Waals surface area (Å²) in [4.78, 5) is 20.6. The Bertz CT molecular complexity index is 1210. The second-order valence-corrected chi connectivity index (χ2v) is 8.13. The number of hydrogen-bond acceptors (Lipinski definition) is 2. The minimum Gasteiger partial charge on any atom is -0.378 e. The van der Waals surface area contributed by atoms with Gasteiger partial charge in [0.25, 0.3) is 5.91 Å². The van der Waals surface area contributed by atoms with E-state index in [9.17, 15) is 4.79 Å². The van der Waals surface area contributed by atoms with Crippen molar-refractivity contribution in [2.24, 2.45) is 0 Å². The van der Waals surface area contributed by atoms with Crippen molar-refractivity contribution in [2.75, 3.05) is 25.5 Å². The average molecular weight is 396 g/mol. The van der Waals surface area contributed by atoms with Gasteiger partial charge in [0.15, 0.2) is 0 Å². The topological polar surface area (TPSA) is 39.3 Å². The van der Waals surface area contributed by atoms with Gasteiger partial charge in [-0.15, -0.1) is 0 Å². The van der Waals surface area contributed by atoms with Crippen LogP contribution in [-0.4, -0.2) is 36.4 Å². The number of amides is 1. The highest BCUT2D eigenvalue weighted by molar-refractivity contribution is 5.95. The van der Waals surface area contributed by atoms with Crippen molar-refractivity contribution < 1.29 is 4.79 Å². The largest absolute Gasteiger partial charge is 0.378 e. The fourth-order valence-corrected chi connectivity index (χ4v) is 4.28. The van der Waals surface area contributed by atoms with Gasteiger partial charge in [-0.2, -0.15) is 0 Å². The van der Waals surface area contributed by atoms with Crippen molar-refractivity contribution in [3.63, 3.8) is 0 Å². The summed E-state index contributed by atoms with van der Waals surface area (Å²) in [7, 11) is 4.10. The summed E-state index contributed by atoms with van der Waals surface area (Å²) in [6.07, 6.45) is 0.857. The fraction of sp³-hybridized carbons (Fsp3) is 0.192. The normalized spacial score (nSPS) is 13.3. The van der Waals surface area contributed by atoms with E-state index in [1.165, 1.54) is 33.5 Å². The highest BCUT2D eigenvalue weighted by Gasteiger charge is 2.24. The highest BCUT2D eigenvalue weighted by Crippen LogP contribution is 2.32. The quantitative estimate of drug-likeness (QED) is 0.524. The minimum atomic E-state index is 0.103. The van der Waals surface area contributed by atoms with E-state index in [2.05, 4.69) is 66.4 Å². The van der Waals surface area contributed by atoms with Gasteiger partial charge in [0.05, 0.1) is 0 Å². The van der Waals surface area contributed by atoms with Crippen molar-refractivity contribution in [3.05, 3.63) is 89.6 Å². The number of nitrogens with one attached hydrogen (secondary N) is 1. The van der Waals surface area contributed by atoms with Gasteiger partial charge in [0.2, 0.25) is 0 Å². The van der Waals surface area contributed by atoms with Gasteiger partial charge in [0.1, 0.15) is 0 Å². The maximum atomic E-state index is 13.0. The zero-order valence-corrected chi connectivity index (χ0v) is 17.4. The molecule has 150 valence electrons. The predicted molar refractivity (Wildman–Crippen MR) is 123 cm³/mol. The van der Waals surface area contributed by atoms with Crippen molar-refractivity contribution >= 4 is 22.5 Å². The number of carbonyl (C=O) groups excluding carboxylic acids is 1. The van der Waals surface area contributed by atoms with Gasteiger partial charge in [-0.05, 0) is 47.5 Å². The van der Waals surface area contributed by atoms with Crippen LogP contribution in [-0.2, 0) is 13.0 Å². The van der Waals surface area contributed by atoms with Crippen LogP contribution in [0.4, 0.5) is 5.69 Å². The molecule has 0 atom stereocenters. The van der Waals surface area contributed by atoms with Crippen LogP contribution in [0.1, 0.15) is 21.6 Å². The van der Waals surface area contributed by atoms with Crippen LogP contribution in [0.25, 0.3) is 22.0 Å². The Morgan fingerprint density at radius 1 is 0.933 bits per heavy atom. The van der Waals surface area contributed by atoms with E-state index in [-0.39, 0.29) is 5.91 Å². The van der Waals surface area contributed by atoms with E-state index < -0.39 is 0 Å². The summed E-state index contributed by atoms with van der Waals surface area (Å²) in [5, 5.41) is 1.21. The van der Waals surface area contributed by atoms with Crippen LogP contribution < -0.4 is 4.90 Å². The van der Waals surface area contributed by atoms with Gasteiger partial charge in [0, 0.05) is 67.0 Å². The van der Waals surface area contributed by atoms with Crippen LogP contribution in [0, 0.1) is 0 Å². The number of nitrogens with zero attached hydrogens (tertiary/aromatic N) is 2. The molecule has 30 heavy (non-hydrogen) atoms. The molecule has 0 unspecified atom stereocenters. The van der Waals surface area contributed by atoms with E-state index in [1.54, 1.807) is 0 Å². The maximum absolute atomic E-state index is 13.0. The molecule has 5 rings (SSSR count). The zero-order chi connectivity index (χ0) is 20.7. The number of rotatable bonds is 3. The third-order valence-corrected chi connectivity index (χ3v) is 6.00. The van der Waals surface area contributed by atoms with Crippen LogP contribution in [0.5, 0.6) is 0 Å². The number of aromatic amines is 1. The number of benzene rings is 3. The molecule has 0 aliphatic carbocycles. The first-order chi connectivity index (χ1) is 14.6. The van der Waals surface area contributed by atoms with E-state index in [4.69, 9.17) is 0 Å². The van der Waals surface area contributed by atoms with Crippen LogP contribution in [0.2, 0.25) is 0 Å². The molecular formula is C26H25N3O. The van der Waals surface area contributed by atoms with Gasteiger partial charge in [-0.3, -0.25) is 4.79 Å². The molecule has 0 bridgehead atoms. The SMILES string of the molecule is CN(C)c1ccc(-c2ccc3[nH]c4c(c3c2)CN(C(=O)c2ccccc2)CC4)cc1. The lowest BCUT2D eigenvalue weighted by Crippen LogP contribution is -2.35. The number of carbonyl (C=O) groups is 1. The second kappa shape index (κ2) is 7.38. The molecule has 1 aliphatic rings. The van der Waals surface area contributed by atoms with Crippen LogP contribution in [0.3, 0.4) is 0 Å².